The third-order valence-electron chi connectivity index (χ3n) is 4.39. The first kappa shape index (κ1) is 17.1. The van der Waals surface area contributed by atoms with E-state index in [2.05, 4.69) is 10.6 Å². The molecule has 2 heterocycles. The Kier molecular flexibility index (Phi) is 5.32. The fraction of sp³-hybridized carbons (Fsp3) is 0.875. The normalized spacial score (nSPS) is 28.8. The van der Waals surface area contributed by atoms with Crippen molar-refractivity contribution in [2.24, 2.45) is 5.92 Å². The first-order valence-electron chi connectivity index (χ1n) is 8.09. The summed E-state index contributed by atoms with van der Waals surface area (Å²) >= 11 is 0. The van der Waals surface area contributed by atoms with Crippen LogP contribution in [0.25, 0.3) is 0 Å². The van der Waals surface area contributed by atoms with Crippen molar-refractivity contribution in [3.63, 3.8) is 0 Å². The predicted molar refractivity (Wildman–Crippen MR) is 82.5 cm³/mol. The number of piperidine rings is 1. The molecule has 2 N–H and O–H groups in total. The van der Waals surface area contributed by atoms with Crippen molar-refractivity contribution >= 4 is 12.1 Å². The molecule has 0 aromatic rings. The average Bonchev–Trinajstić information content (AvgIpc) is 2.74. The second kappa shape index (κ2) is 6.86. The smallest absolute Gasteiger partial charge is 0.407 e. The molecule has 0 aromatic carbocycles. The number of hydrogen-bond acceptors (Lipinski definition) is 5. The first-order valence-corrected chi connectivity index (χ1v) is 8.09. The van der Waals surface area contributed by atoms with Gasteiger partial charge in [0, 0.05) is 18.1 Å². The van der Waals surface area contributed by atoms with Crippen molar-refractivity contribution in [3.8, 4) is 0 Å². The van der Waals surface area contributed by atoms with Gasteiger partial charge in [0.15, 0.2) is 0 Å². The molecule has 2 aliphatic heterocycles. The van der Waals surface area contributed by atoms with Gasteiger partial charge >= 0.3 is 12.1 Å². The summed E-state index contributed by atoms with van der Waals surface area (Å²) in [6, 6.07) is 0.779. The Balaban J connectivity index is 1.99. The van der Waals surface area contributed by atoms with Crippen LogP contribution in [0.1, 0.15) is 52.9 Å². The maximum Gasteiger partial charge on any atom is 0.407 e. The number of alkyl carbamates (subject to hydrolysis) is 1. The van der Waals surface area contributed by atoms with Crippen molar-refractivity contribution in [3.05, 3.63) is 0 Å². The van der Waals surface area contributed by atoms with Gasteiger partial charge in [-0.1, -0.05) is 0 Å². The summed E-state index contributed by atoms with van der Waals surface area (Å²) in [4.78, 5) is 23.7. The Hall–Kier alpha value is -1.30. The molecule has 2 aliphatic rings. The molecule has 3 atom stereocenters. The lowest BCUT2D eigenvalue weighted by atomic mass is 9.84. The first-order chi connectivity index (χ1) is 10.3. The second-order valence-electron chi connectivity index (χ2n) is 7.40. The zero-order valence-corrected chi connectivity index (χ0v) is 14.0. The molecule has 2 bridgehead atoms. The minimum absolute atomic E-state index is 0.194. The summed E-state index contributed by atoms with van der Waals surface area (Å²) in [5, 5.41) is 6.46. The summed E-state index contributed by atoms with van der Waals surface area (Å²) in [6.45, 7) is 5.48. The van der Waals surface area contributed by atoms with Gasteiger partial charge in [-0.2, -0.15) is 0 Å². The van der Waals surface area contributed by atoms with E-state index < -0.39 is 11.7 Å². The predicted octanol–water partition coefficient (Wildman–Crippen LogP) is 1.97. The number of esters is 1. The van der Waals surface area contributed by atoms with Gasteiger partial charge < -0.3 is 20.1 Å². The molecule has 6 heteroatoms. The minimum Gasteiger partial charge on any atom is -0.469 e. The van der Waals surface area contributed by atoms with E-state index in [1.54, 1.807) is 0 Å². The van der Waals surface area contributed by atoms with Crippen LogP contribution in [0.5, 0.6) is 0 Å². The lowest BCUT2D eigenvalue weighted by Gasteiger charge is -2.35. The number of carbonyl (C=O) groups is 2. The molecule has 0 aliphatic carbocycles. The van der Waals surface area contributed by atoms with Gasteiger partial charge in [0.2, 0.25) is 0 Å². The van der Waals surface area contributed by atoms with Crippen molar-refractivity contribution in [2.75, 3.05) is 7.11 Å². The topological polar surface area (TPSA) is 76.7 Å². The van der Waals surface area contributed by atoms with E-state index in [0.717, 1.165) is 12.8 Å². The highest BCUT2D eigenvalue weighted by Gasteiger charge is 2.38. The number of nitrogens with one attached hydrogen (secondary N) is 2. The number of fused-ring (bicyclic) bond motifs is 2. The highest BCUT2D eigenvalue weighted by molar-refractivity contribution is 5.72. The van der Waals surface area contributed by atoms with Crippen LogP contribution < -0.4 is 10.6 Å². The van der Waals surface area contributed by atoms with E-state index in [0.29, 0.717) is 12.1 Å². The van der Waals surface area contributed by atoms with Crippen LogP contribution >= 0.6 is 0 Å². The molecular formula is C16H28N2O4. The molecule has 3 unspecified atom stereocenters. The monoisotopic (exact) mass is 312 g/mol. The van der Waals surface area contributed by atoms with Gasteiger partial charge in [-0.15, -0.1) is 0 Å². The van der Waals surface area contributed by atoms with Gasteiger partial charge in [-0.05, 0) is 52.4 Å². The van der Waals surface area contributed by atoms with Gasteiger partial charge in [0.1, 0.15) is 5.60 Å². The molecule has 2 saturated heterocycles. The number of carbonyl (C=O) groups excluding carboxylic acids is 2. The van der Waals surface area contributed by atoms with E-state index in [9.17, 15) is 9.59 Å². The number of rotatable bonds is 4. The van der Waals surface area contributed by atoms with Crippen LogP contribution in [0.3, 0.4) is 0 Å². The van der Waals surface area contributed by atoms with Crippen LogP contribution in [-0.2, 0) is 14.3 Å². The maximum atomic E-state index is 12.1. The van der Waals surface area contributed by atoms with E-state index in [1.165, 1.54) is 20.0 Å². The Morgan fingerprint density at radius 3 is 2.32 bits per heavy atom. The van der Waals surface area contributed by atoms with E-state index in [4.69, 9.17) is 9.47 Å². The van der Waals surface area contributed by atoms with Gasteiger partial charge in [-0.3, -0.25) is 4.79 Å². The molecule has 22 heavy (non-hydrogen) atoms. The van der Waals surface area contributed by atoms with Crippen LogP contribution in [0.4, 0.5) is 4.79 Å². The summed E-state index contributed by atoms with van der Waals surface area (Å²) in [7, 11) is 1.37. The number of hydrogen-bond donors (Lipinski definition) is 2. The molecule has 2 fully saturated rings. The molecule has 0 spiro atoms. The molecule has 6 nitrogen and oxygen atoms in total. The molecule has 1 amide bonds. The Morgan fingerprint density at radius 2 is 1.82 bits per heavy atom. The quantitative estimate of drug-likeness (QED) is 0.776. The lowest BCUT2D eigenvalue weighted by molar-refractivity contribution is -0.141. The molecule has 2 rings (SSSR count). The maximum absolute atomic E-state index is 12.1. The summed E-state index contributed by atoms with van der Waals surface area (Å²) in [5.41, 5.74) is -0.549. The molecule has 0 aromatic heterocycles. The van der Waals surface area contributed by atoms with E-state index >= 15 is 0 Å². The number of methoxy groups -OCH3 is 1. The largest absolute Gasteiger partial charge is 0.469 e. The third-order valence-corrected chi connectivity index (χ3v) is 4.39. The number of amides is 1. The van der Waals surface area contributed by atoms with Crippen molar-refractivity contribution in [2.45, 2.75) is 76.6 Å². The van der Waals surface area contributed by atoms with Gasteiger partial charge in [-0.25, -0.2) is 4.79 Å². The van der Waals surface area contributed by atoms with Crippen molar-refractivity contribution in [1.82, 2.24) is 10.6 Å². The second-order valence-corrected chi connectivity index (χ2v) is 7.40. The Labute approximate surface area is 132 Å². The number of ether oxygens (including phenoxy) is 2. The van der Waals surface area contributed by atoms with Gasteiger partial charge in [0.05, 0.1) is 13.5 Å². The van der Waals surface area contributed by atoms with E-state index in [-0.39, 0.29) is 24.3 Å². The molecular weight excluding hydrogens is 284 g/mol. The standard InChI is InChI=1S/C16H28N2O4/c1-16(2,3)22-15(20)18-13(9-14(19)21-4)10-7-11-5-6-12(8-10)17-11/h10-13,17H,5-9H2,1-4H3,(H,18,20). The average molecular weight is 312 g/mol. The van der Waals surface area contributed by atoms with Gasteiger partial charge in [0.25, 0.3) is 0 Å². The molecule has 126 valence electrons. The SMILES string of the molecule is COC(=O)CC(NC(=O)OC(C)(C)C)C1CC2CCC(C1)N2. The molecule has 0 saturated carbocycles. The highest BCUT2D eigenvalue weighted by Crippen LogP contribution is 2.33. The molecule has 0 radical (unpaired) electrons. The summed E-state index contributed by atoms with van der Waals surface area (Å²) in [6.07, 6.45) is 4.05. The summed E-state index contributed by atoms with van der Waals surface area (Å²) in [5.74, 6) is -0.0164. The van der Waals surface area contributed by atoms with Crippen LogP contribution in [0.2, 0.25) is 0 Å². The summed E-state index contributed by atoms with van der Waals surface area (Å²) < 4.78 is 10.1. The van der Waals surface area contributed by atoms with Crippen molar-refractivity contribution < 1.29 is 19.1 Å². The Morgan fingerprint density at radius 1 is 1.23 bits per heavy atom. The zero-order valence-electron chi connectivity index (χ0n) is 14.0. The Bertz CT molecular complexity index is 407. The fourth-order valence-corrected chi connectivity index (χ4v) is 3.49. The van der Waals surface area contributed by atoms with Crippen molar-refractivity contribution in [1.29, 1.82) is 0 Å². The fourth-order valence-electron chi connectivity index (χ4n) is 3.49. The zero-order chi connectivity index (χ0) is 16.3. The highest BCUT2D eigenvalue weighted by atomic mass is 16.6. The van der Waals surface area contributed by atoms with E-state index in [1.807, 2.05) is 20.8 Å². The third kappa shape index (κ3) is 4.87. The lowest BCUT2D eigenvalue weighted by Crippen LogP contribution is -2.49. The van der Waals surface area contributed by atoms with Crippen LogP contribution in [0, 0.1) is 5.92 Å². The van der Waals surface area contributed by atoms with Crippen LogP contribution in [-0.4, -0.2) is 42.9 Å². The minimum atomic E-state index is -0.549. The van der Waals surface area contributed by atoms with Crippen LogP contribution in [0.15, 0.2) is 0 Å².